The molecule has 1 amide bonds. The van der Waals surface area contributed by atoms with Crippen molar-refractivity contribution in [3.63, 3.8) is 0 Å². The molecule has 0 atom stereocenters. The summed E-state index contributed by atoms with van der Waals surface area (Å²) in [6.45, 7) is 0. The molecule has 0 aliphatic carbocycles. The summed E-state index contributed by atoms with van der Waals surface area (Å²) >= 11 is 5.68. The molecule has 98 valence electrons. The number of anilines is 1. The number of rotatable bonds is 2. The second-order valence-corrected chi connectivity index (χ2v) is 4.23. The van der Waals surface area contributed by atoms with Gasteiger partial charge in [0.05, 0.1) is 10.6 Å². The first-order chi connectivity index (χ1) is 8.97. The lowest BCUT2D eigenvalue weighted by molar-refractivity contribution is 0.102. The molecule has 0 unspecified atom stereocenters. The first-order valence-electron chi connectivity index (χ1n) is 5.29. The third kappa shape index (κ3) is 2.89. The Labute approximate surface area is 113 Å². The molecule has 0 heterocycles. The van der Waals surface area contributed by atoms with Crippen molar-refractivity contribution in [2.45, 2.75) is 0 Å². The Morgan fingerprint density at radius 1 is 1.00 bits per heavy atom. The third-order valence-electron chi connectivity index (χ3n) is 2.43. The first kappa shape index (κ1) is 13.0. The molecule has 0 saturated carbocycles. The molecule has 0 aromatic heterocycles. The number of halogens is 1. The predicted molar refractivity (Wildman–Crippen MR) is 70.8 cm³/mol. The van der Waals surface area contributed by atoms with Gasteiger partial charge in [0.2, 0.25) is 0 Å². The summed E-state index contributed by atoms with van der Waals surface area (Å²) in [5.41, 5.74) is 0.391. The van der Waals surface area contributed by atoms with Crippen LogP contribution >= 0.6 is 11.6 Å². The van der Waals surface area contributed by atoms with Gasteiger partial charge in [-0.2, -0.15) is 0 Å². The molecule has 19 heavy (non-hydrogen) atoms. The van der Waals surface area contributed by atoms with Crippen molar-refractivity contribution in [3.8, 4) is 17.2 Å². The molecular formula is C13H10ClNO4. The Hall–Kier alpha value is -2.40. The molecule has 0 aliphatic rings. The maximum atomic E-state index is 11.9. The largest absolute Gasteiger partial charge is 0.508 e. The van der Waals surface area contributed by atoms with Crippen molar-refractivity contribution < 1.29 is 20.1 Å². The van der Waals surface area contributed by atoms with Crippen LogP contribution in [0.15, 0.2) is 36.4 Å². The lowest BCUT2D eigenvalue weighted by Crippen LogP contribution is -2.12. The van der Waals surface area contributed by atoms with Crippen LogP contribution < -0.4 is 5.32 Å². The number of phenols is 3. The maximum Gasteiger partial charge on any atom is 0.259 e. The van der Waals surface area contributed by atoms with E-state index in [1.54, 1.807) is 0 Å². The minimum Gasteiger partial charge on any atom is -0.508 e. The van der Waals surface area contributed by atoms with Gasteiger partial charge in [-0.05, 0) is 30.3 Å². The fraction of sp³-hybridized carbons (Fsp3) is 0. The van der Waals surface area contributed by atoms with E-state index in [-0.39, 0.29) is 27.8 Å². The minimum atomic E-state index is -0.579. The molecule has 2 rings (SSSR count). The summed E-state index contributed by atoms with van der Waals surface area (Å²) < 4.78 is 0. The van der Waals surface area contributed by atoms with Crippen LogP contribution in [0.2, 0.25) is 5.02 Å². The Balaban J connectivity index is 2.25. The van der Waals surface area contributed by atoms with E-state index in [9.17, 15) is 15.0 Å². The van der Waals surface area contributed by atoms with Gasteiger partial charge in [0.25, 0.3) is 5.91 Å². The fourth-order valence-electron chi connectivity index (χ4n) is 1.48. The van der Waals surface area contributed by atoms with Crippen molar-refractivity contribution in [1.82, 2.24) is 0 Å². The number of carbonyl (C=O) groups excluding carboxylic acids is 1. The van der Waals surface area contributed by atoms with E-state index in [0.717, 1.165) is 6.07 Å². The standard InChI is InChI=1S/C13H10ClNO4/c14-10-5-9(11(17)6-12(10)18)13(19)15-7-1-3-8(16)4-2-7/h1-6,16-18H,(H,15,19). The highest BCUT2D eigenvalue weighted by Crippen LogP contribution is 2.31. The number of phenolic OH excluding ortho intramolecular Hbond substituents is 3. The van der Waals surface area contributed by atoms with Gasteiger partial charge in [-0.3, -0.25) is 4.79 Å². The van der Waals surface area contributed by atoms with Crippen LogP contribution in [-0.2, 0) is 0 Å². The van der Waals surface area contributed by atoms with E-state index < -0.39 is 5.91 Å². The maximum absolute atomic E-state index is 11.9. The summed E-state index contributed by atoms with van der Waals surface area (Å²) in [6, 6.07) is 8.01. The molecule has 0 bridgehead atoms. The predicted octanol–water partition coefficient (Wildman–Crippen LogP) is 2.71. The summed E-state index contributed by atoms with van der Waals surface area (Å²) in [6.07, 6.45) is 0. The minimum absolute atomic E-state index is 0.0337. The van der Waals surface area contributed by atoms with Gasteiger partial charge in [-0.1, -0.05) is 11.6 Å². The van der Waals surface area contributed by atoms with Crippen LogP contribution in [0.1, 0.15) is 10.4 Å². The Morgan fingerprint density at radius 2 is 1.63 bits per heavy atom. The summed E-state index contributed by atoms with van der Waals surface area (Å²) in [7, 11) is 0. The van der Waals surface area contributed by atoms with Gasteiger partial charge >= 0.3 is 0 Å². The molecule has 2 aromatic carbocycles. The molecule has 5 nitrogen and oxygen atoms in total. The Morgan fingerprint density at radius 3 is 2.26 bits per heavy atom. The van der Waals surface area contributed by atoms with Crippen molar-refractivity contribution in [3.05, 3.63) is 47.0 Å². The highest BCUT2D eigenvalue weighted by Gasteiger charge is 2.14. The van der Waals surface area contributed by atoms with Crippen LogP contribution in [0.25, 0.3) is 0 Å². The summed E-state index contributed by atoms with van der Waals surface area (Å²) in [5.74, 6) is -1.18. The number of amides is 1. The molecule has 0 aliphatic heterocycles. The van der Waals surface area contributed by atoms with Crippen molar-refractivity contribution in [2.75, 3.05) is 5.32 Å². The SMILES string of the molecule is O=C(Nc1ccc(O)cc1)c1cc(Cl)c(O)cc1O. The third-order valence-corrected chi connectivity index (χ3v) is 2.74. The molecule has 4 N–H and O–H groups in total. The zero-order valence-electron chi connectivity index (χ0n) is 9.59. The average Bonchev–Trinajstić information content (AvgIpc) is 2.36. The molecule has 6 heteroatoms. The van der Waals surface area contributed by atoms with Gasteiger partial charge < -0.3 is 20.6 Å². The highest BCUT2D eigenvalue weighted by molar-refractivity contribution is 6.32. The van der Waals surface area contributed by atoms with E-state index in [1.807, 2.05) is 0 Å². The highest BCUT2D eigenvalue weighted by atomic mass is 35.5. The zero-order valence-corrected chi connectivity index (χ0v) is 10.3. The van der Waals surface area contributed by atoms with E-state index in [1.165, 1.54) is 30.3 Å². The van der Waals surface area contributed by atoms with Crippen molar-refractivity contribution in [2.24, 2.45) is 0 Å². The van der Waals surface area contributed by atoms with Crippen LogP contribution in [-0.4, -0.2) is 21.2 Å². The topological polar surface area (TPSA) is 89.8 Å². The molecule has 0 spiro atoms. The van der Waals surface area contributed by atoms with Crippen molar-refractivity contribution >= 4 is 23.2 Å². The number of benzene rings is 2. The molecular weight excluding hydrogens is 270 g/mol. The van der Waals surface area contributed by atoms with E-state index >= 15 is 0 Å². The summed E-state index contributed by atoms with van der Waals surface area (Å²) in [4.78, 5) is 11.9. The number of hydrogen-bond acceptors (Lipinski definition) is 4. The zero-order chi connectivity index (χ0) is 14.0. The second-order valence-electron chi connectivity index (χ2n) is 3.82. The van der Waals surface area contributed by atoms with Crippen LogP contribution in [0.3, 0.4) is 0 Å². The average molecular weight is 280 g/mol. The number of nitrogens with one attached hydrogen (secondary N) is 1. The lowest BCUT2D eigenvalue weighted by Gasteiger charge is -2.08. The van der Waals surface area contributed by atoms with Crippen molar-refractivity contribution in [1.29, 1.82) is 0 Å². The Bertz CT molecular complexity index is 625. The van der Waals surface area contributed by atoms with E-state index in [2.05, 4.69) is 5.32 Å². The quantitative estimate of drug-likeness (QED) is 0.636. The normalized spacial score (nSPS) is 10.2. The van der Waals surface area contributed by atoms with E-state index in [0.29, 0.717) is 5.69 Å². The molecule has 2 aromatic rings. The monoisotopic (exact) mass is 279 g/mol. The van der Waals surface area contributed by atoms with E-state index in [4.69, 9.17) is 16.7 Å². The van der Waals surface area contributed by atoms with Gasteiger partial charge in [0, 0.05) is 11.8 Å². The summed E-state index contributed by atoms with van der Waals surface area (Å²) in [5, 5.41) is 30.5. The number of aromatic hydroxyl groups is 3. The number of hydrogen-bond donors (Lipinski definition) is 4. The van der Waals surface area contributed by atoms with Crippen LogP contribution in [0.4, 0.5) is 5.69 Å². The molecule has 0 fully saturated rings. The van der Waals surface area contributed by atoms with Gasteiger partial charge in [0.1, 0.15) is 17.2 Å². The molecule has 0 saturated heterocycles. The second kappa shape index (κ2) is 5.07. The Kier molecular flexibility index (Phi) is 3.48. The molecule has 0 radical (unpaired) electrons. The smallest absolute Gasteiger partial charge is 0.259 e. The van der Waals surface area contributed by atoms with Gasteiger partial charge in [-0.15, -0.1) is 0 Å². The van der Waals surface area contributed by atoms with Crippen LogP contribution in [0.5, 0.6) is 17.2 Å². The van der Waals surface area contributed by atoms with Crippen LogP contribution in [0, 0.1) is 0 Å². The first-order valence-corrected chi connectivity index (χ1v) is 5.67. The van der Waals surface area contributed by atoms with Gasteiger partial charge in [0.15, 0.2) is 0 Å². The number of carbonyl (C=O) groups is 1. The van der Waals surface area contributed by atoms with Gasteiger partial charge in [-0.25, -0.2) is 0 Å². The fourth-order valence-corrected chi connectivity index (χ4v) is 1.64. The lowest BCUT2D eigenvalue weighted by atomic mass is 10.1.